The molecule has 0 aromatic carbocycles. The molecule has 0 aliphatic heterocycles. The normalized spacial score (nSPS) is 22.7. The maximum atomic E-state index is 13.0. The molecule has 0 bridgehead atoms. The number of amides is 1. The smallest absolute Gasteiger partial charge is 0.316 e. The zero-order chi connectivity index (χ0) is 17.9. The molecular weight excluding hydrogens is 344 g/mol. The molecule has 0 saturated carbocycles. The third-order valence-electron chi connectivity index (χ3n) is 3.36. The van der Waals surface area contributed by atoms with Gasteiger partial charge in [0.05, 0.1) is 12.2 Å². The Bertz CT molecular complexity index is 702. The van der Waals surface area contributed by atoms with Crippen molar-refractivity contribution in [3.8, 4) is 0 Å². The summed E-state index contributed by atoms with van der Waals surface area (Å²) in [6, 6.07) is 0. The van der Waals surface area contributed by atoms with Crippen molar-refractivity contribution in [3.05, 3.63) is 41.8 Å². The Kier molecular flexibility index (Phi) is 5.38. The number of hydrogen-bond acceptors (Lipinski definition) is 4. The van der Waals surface area contributed by atoms with Crippen molar-refractivity contribution >= 4 is 23.5 Å². The minimum absolute atomic E-state index is 0.145. The number of aromatic nitrogens is 2. The van der Waals surface area contributed by atoms with E-state index >= 15 is 0 Å². The quantitative estimate of drug-likeness (QED) is 0.497. The van der Waals surface area contributed by atoms with Gasteiger partial charge in [-0.2, -0.15) is 5.10 Å². The van der Waals surface area contributed by atoms with Crippen LogP contribution in [-0.2, 0) is 16.6 Å². The molecule has 0 radical (unpaired) electrons. The maximum Gasteiger partial charge on any atom is 0.316 e. The van der Waals surface area contributed by atoms with Gasteiger partial charge in [-0.25, -0.2) is 8.78 Å². The van der Waals surface area contributed by atoms with Crippen LogP contribution < -0.4 is 5.32 Å². The highest BCUT2D eigenvalue weighted by atomic mass is 35.5. The Labute approximate surface area is 142 Å². The third-order valence-corrected chi connectivity index (χ3v) is 3.82. The summed E-state index contributed by atoms with van der Waals surface area (Å²) in [7, 11) is 1.42. The fraction of sp³-hybridized carbons (Fsp3) is 0.400. The molecule has 1 amide bonds. The molecule has 130 valence electrons. The molecule has 1 aliphatic carbocycles. The topological polar surface area (TPSA) is 73.2 Å². The van der Waals surface area contributed by atoms with Crippen LogP contribution in [-0.4, -0.2) is 33.3 Å². The van der Waals surface area contributed by atoms with E-state index in [4.69, 9.17) is 16.3 Å². The lowest BCUT2D eigenvalue weighted by molar-refractivity contribution is -0.147. The van der Waals surface area contributed by atoms with E-state index in [1.807, 2.05) is 0 Å². The predicted octanol–water partition coefficient (Wildman–Crippen LogP) is 2.33. The van der Waals surface area contributed by atoms with E-state index in [-0.39, 0.29) is 12.2 Å². The van der Waals surface area contributed by atoms with E-state index in [9.17, 15) is 18.4 Å². The first kappa shape index (κ1) is 18.1. The zero-order valence-electron chi connectivity index (χ0n) is 13.0. The van der Waals surface area contributed by atoms with E-state index < -0.39 is 34.9 Å². The van der Waals surface area contributed by atoms with Gasteiger partial charge in [-0.05, 0) is 13.0 Å². The number of carbonyl (C=O) groups excluding carboxylic acids is 2. The molecule has 9 heteroatoms. The molecule has 2 unspecified atom stereocenters. The lowest BCUT2D eigenvalue weighted by Crippen LogP contribution is -2.51. The van der Waals surface area contributed by atoms with Crippen LogP contribution in [0.5, 0.6) is 0 Å². The van der Waals surface area contributed by atoms with Crippen LogP contribution in [0.4, 0.5) is 8.78 Å². The van der Waals surface area contributed by atoms with Crippen molar-refractivity contribution in [1.29, 1.82) is 0 Å². The van der Waals surface area contributed by atoms with E-state index in [1.54, 1.807) is 19.1 Å². The monoisotopic (exact) mass is 359 g/mol. The summed E-state index contributed by atoms with van der Waals surface area (Å²) in [5, 5.41) is 5.98. The van der Waals surface area contributed by atoms with Gasteiger partial charge in [-0.1, -0.05) is 29.8 Å². The van der Waals surface area contributed by atoms with Crippen molar-refractivity contribution in [2.24, 2.45) is 13.0 Å². The number of ether oxygens (including phenoxy) is 1. The summed E-state index contributed by atoms with van der Waals surface area (Å²) in [4.78, 5) is 22.8. The van der Waals surface area contributed by atoms with Gasteiger partial charge in [0.25, 0.3) is 12.3 Å². The molecule has 0 saturated heterocycles. The van der Waals surface area contributed by atoms with Crippen LogP contribution in [0.1, 0.15) is 29.4 Å². The number of carbonyl (C=O) groups is 2. The average molecular weight is 360 g/mol. The van der Waals surface area contributed by atoms with E-state index in [1.165, 1.54) is 25.4 Å². The Balaban J connectivity index is 2.27. The fourth-order valence-electron chi connectivity index (χ4n) is 2.30. The molecule has 1 aliphatic rings. The van der Waals surface area contributed by atoms with Crippen LogP contribution in [0.3, 0.4) is 0 Å². The highest BCUT2D eigenvalue weighted by Crippen LogP contribution is 2.31. The number of allylic oxidation sites excluding steroid dienone is 2. The van der Waals surface area contributed by atoms with Crippen LogP contribution >= 0.6 is 11.6 Å². The molecule has 1 aromatic rings. The number of alkyl halides is 3. The van der Waals surface area contributed by atoms with Crippen LogP contribution in [0.25, 0.3) is 0 Å². The highest BCUT2D eigenvalue weighted by molar-refractivity contribution is 6.28. The Hall–Kier alpha value is -2.22. The van der Waals surface area contributed by atoms with Gasteiger partial charge in [-0.3, -0.25) is 14.3 Å². The summed E-state index contributed by atoms with van der Waals surface area (Å²) < 4.78 is 32.0. The molecular formula is C15H16ClF2N3O3. The number of esters is 1. The number of halogens is 3. The molecule has 2 atom stereocenters. The molecule has 1 N–H and O–H groups in total. The van der Waals surface area contributed by atoms with E-state index in [0.717, 1.165) is 4.68 Å². The Morgan fingerprint density at radius 3 is 2.83 bits per heavy atom. The van der Waals surface area contributed by atoms with Gasteiger partial charge < -0.3 is 10.1 Å². The summed E-state index contributed by atoms with van der Waals surface area (Å²) in [6.07, 6.45) is 4.25. The summed E-state index contributed by atoms with van der Waals surface area (Å²) >= 11 is 6.37. The summed E-state index contributed by atoms with van der Waals surface area (Å²) in [6.45, 7) is 1.78. The Morgan fingerprint density at radius 1 is 1.50 bits per heavy atom. The van der Waals surface area contributed by atoms with Gasteiger partial charge in [0.1, 0.15) is 11.6 Å². The lowest BCUT2D eigenvalue weighted by atomic mass is 9.94. The van der Waals surface area contributed by atoms with Gasteiger partial charge in [0.2, 0.25) is 0 Å². The number of nitrogens with zero attached hydrogens (tertiary/aromatic N) is 2. The molecule has 1 heterocycles. The van der Waals surface area contributed by atoms with Crippen LogP contribution in [0.2, 0.25) is 0 Å². The third kappa shape index (κ3) is 3.64. The molecule has 6 nitrogen and oxygen atoms in total. The van der Waals surface area contributed by atoms with Crippen molar-refractivity contribution in [1.82, 2.24) is 15.1 Å². The fourth-order valence-corrected chi connectivity index (χ4v) is 2.62. The molecule has 24 heavy (non-hydrogen) atoms. The molecule has 0 fully saturated rings. The van der Waals surface area contributed by atoms with Crippen molar-refractivity contribution in [2.45, 2.75) is 18.3 Å². The second-order valence-corrected chi connectivity index (χ2v) is 5.72. The van der Waals surface area contributed by atoms with E-state index in [2.05, 4.69) is 10.4 Å². The van der Waals surface area contributed by atoms with Gasteiger partial charge >= 0.3 is 5.97 Å². The molecule has 1 aromatic heterocycles. The second-order valence-electron chi connectivity index (χ2n) is 5.10. The maximum absolute atomic E-state index is 13.0. The minimum Gasteiger partial charge on any atom is -0.465 e. The van der Waals surface area contributed by atoms with Crippen molar-refractivity contribution < 1.29 is 23.1 Å². The number of rotatable bonds is 5. The highest BCUT2D eigenvalue weighted by Gasteiger charge is 2.42. The van der Waals surface area contributed by atoms with Gasteiger partial charge in [0.15, 0.2) is 5.00 Å². The average Bonchev–Trinajstić information content (AvgIpc) is 2.90. The standard InChI is InChI=1S/C15H16ClF2N3O3/c1-3-24-14(23)10-6-4-5-7-15(10,16)19-13(22)9-8-21(2)20-11(9)12(17)18/h4-8,10,12H,3H2,1-2H3,(H,19,22). The summed E-state index contributed by atoms with van der Waals surface area (Å²) in [5.41, 5.74) is -0.962. The van der Waals surface area contributed by atoms with Crippen LogP contribution in [0.15, 0.2) is 30.5 Å². The van der Waals surface area contributed by atoms with Gasteiger partial charge in [0, 0.05) is 13.2 Å². The first-order valence-corrected chi connectivity index (χ1v) is 7.52. The Morgan fingerprint density at radius 2 is 2.21 bits per heavy atom. The van der Waals surface area contributed by atoms with Crippen molar-refractivity contribution in [3.63, 3.8) is 0 Å². The first-order valence-electron chi connectivity index (χ1n) is 7.14. The summed E-state index contributed by atoms with van der Waals surface area (Å²) in [5.74, 6) is -2.48. The number of aryl methyl sites for hydroxylation is 1. The van der Waals surface area contributed by atoms with Crippen LogP contribution in [0, 0.1) is 5.92 Å². The number of nitrogens with one attached hydrogen (secondary N) is 1. The second kappa shape index (κ2) is 7.12. The van der Waals surface area contributed by atoms with Crippen molar-refractivity contribution in [2.75, 3.05) is 6.61 Å². The molecule has 0 spiro atoms. The largest absolute Gasteiger partial charge is 0.465 e. The number of hydrogen-bond donors (Lipinski definition) is 1. The SMILES string of the molecule is CCOC(=O)C1C=CC=CC1(Cl)NC(=O)c1cn(C)nc1C(F)F. The van der Waals surface area contributed by atoms with E-state index in [0.29, 0.717) is 0 Å². The minimum atomic E-state index is -2.92. The predicted molar refractivity (Wildman–Crippen MR) is 82.6 cm³/mol. The lowest BCUT2D eigenvalue weighted by Gasteiger charge is -2.32. The zero-order valence-corrected chi connectivity index (χ0v) is 13.8. The molecule has 2 rings (SSSR count). The van der Waals surface area contributed by atoms with Gasteiger partial charge in [-0.15, -0.1) is 0 Å². The first-order chi connectivity index (χ1) is 11.3.